The first-order valence-corrected chi connectivity index (χ1v) is 7.06. The topological polar surface area (TPSA) is 38.0 Å². The highest BCUT2D eigenvalue weighted by molar-refractivity contribution is 5.35. The van der Waals surface area contributed by atoms with Gasteiger partial charge in [-0.15, -0.1) is 0 Å². The first kappa shape index (κ1) is 12.4. The molecule has 0 radical (unpaired) electrons. The van der Waals surface area contributed by atoms with Crippen molar-refractivity contribution in [2.75, 3.05) is 0 Å². The predicted octanol–water partition coefficient (Wildman–Crippen LogP) is 2.67. The molecule has 0 amide bonds. The summed E-state index contributed by atoms with van der Waals surface area (Å²) in [6.45, 7) is 2.91. The summed E-state index contributed by atoms with van der Waals surface area (Å²) >= 11 is 0. The number of aromatic nitrogens is 2. The average molecular weight is 256 g/mol. The Hall–Kier alpha value is -1.61. The third kappa shape index (κ3) is 2.43. The van der Waals surface area contributed by atoms with Gasteiger partial charge in [0.25, 0.3) is 0 Å². The Bertz CT molecular complexity index is 574. The van der Waals surface area contributed by atoms with Gasteiger partial charge in [-0.05, 0) is 42.9 Å². The number of aryl methyl sites for hydroxylation is 3. The molecule has 1 unspecified atom stereocenters. The van der Waals surface area contributed by atoms with Crippen molar-refractivity contribution in [3.05, 3.63) is 53.1 Å². The van der Waals surface area contributed by atoms with Crippen LogP contribution in [-0.4, -0.2) is 14.7 Å². The summed E-state index contributed by atoms with van der Waals surface area (Å²) in [6.07, 6.45) is 7.40. The van der Waals surface area contributed by atoms with Crippen LogP contribution < -0.4 is 0 Å². The van der Waals surface area contributed by atoms with Gasteiger partial charge in [-0.1, -0.05) is 18.2 Å². The zero-order valence-corrected chi connectivity index (χ0v) is 11.3. The van der Waals surface area contributed by atoms with E-state index < -0.39 is 6.10 Å². The van der Waals surface area contributed by atoms with Crippen LogP contribution in [0.1, 0.15) is 41.8 Å². The lowest BCUT2D eigenvalue weighted by Crippen LogP contribution is -2.08. The molecule has 0 saturated heterocycles. The van der Waals surface area contributed by atoms with E-state index in [0.29, 0.717) is 6.42 Å². The van der Waals surface area contributed by atoms with Crippen molar-refractivity contribution in [3.8, 4) is 0 Å². The summed E-state index contributed by atoms with van der Waals surface area (Å²) in [5.74, 6) is 0. The van der Waals surface area contributed by atoms with E-state index in [-0.39, 0.29) is 0 Å². The molecule has 0 aliphatic heterocycles. The zero-order chi connectivity index (χ0) is 13.2. The number of aliphatic hydroxyl groups is 1. The number of aliphatic hydroxyl groups excluding tert-OH is 1. The summed E-state index contributed by atoms with van der Waals surface area (Å²) < 4.78 is 2.00. The second kappa shape index (κ2) is 5.17. The summed E-state index contributed by atoms with van der Waals surface area (Å²) in [5, 5.41) is 10.4. The Morgan fingerprint density at radius 1 is 1.32 bits per heavy atom. The van der Waals surface area contributed by atoms with Crippen molar-refractivity contribution >= 4 is 0 Å². The summed E-state index contributed by atoms with van der Waals surface area (Å²) in [5.41, 5.74) is 5.07. The molecule has 1 heterocycles. The molecule has 1 N–H and O–H groups in total. The van der Waals surface area contributed by atoms with Gasteiger partial charge in [0.1, 0.15) is 0 Å². The molecule has 0 saturated carbocycles. The minimum Gasteiger partial charge on any atom is -0.386 e. The Morgan fingerprint density at radius 2 is 2.16 bits per heavy atom. The first-order valence-electron chi connectivity index (χ1n) is 7.06. The number of hydrogen-bond donors (Lipinski definition) is 1. The number of hydrogen-bond acceptors (Lipinski definition) is 2. The van der Waals surface area contributed by atoms with Crippen molar-refractivity contribution in [1.82, 2.24) is 9.55 Å². The van der Waals surface area contributed by atoms with Crippen LogP contribution >= 0.6 is 0 Å². The van der Waals surface area contributed by atoms with Crippen LogP contribution in [0.2, 0.25) is 0 Å². The molecule has 1 aliphatic carbocycles. The highest BCUT2D eigenvalue weighted by Crippen LogP contribution is 2.25. The predicted molar refractivity (Wildman–Crippen MR) is 75.0 cm³/mol. The molecule has 3 nitrogen and oxygen atoms in total. The van der Waals surface area contributed by atoms with Crippen molar-refractivity contribution < 1.29 is 5.11 Å². The van der Waals surface area contributed by atoms with Crippen molar-refractivity contribution in [2.45, 2.75) is 45.3 Å². The molecule has 0 spiro atoms. The number of fused-ring (bicyclic) bond motifs is 1. The largest absolute Gasteiger partial charge is 0.386 e. The lowest BCUT2D eigenvalue weighted by Gasteiger charge is -2.13. The zero-order valence-electron chi connectivity index (χ0n) is 11.3. The minimum atomic E-state index is -0.470. The lowest BCUT2D eigenvalue weighted by molar-refractivity contribution is 0.169. The van der Waals surface area contributed by atoms with Crippen molar-refractivity contribution in [1.29, 1.82) is 0 Å². The molecule has 0 bridgehead atoms. The fourth-order valence-electron chi connectivity index (χ4n) is 2.95. The van der Waals surface area contributed by atoms with Crippen LogP contribution in [0.4, 0.5) is 0 Å². The maximum Gasteiger partial charge on any atom is 0.0995 e. The van der Waals surface area contributed by atoms with E-state index in [9.17, 15) is 5.11 Å². The third-order valence-corrected chi connectivity index (χ3v) is 4.02. The molecule has 3 rings (SSSR count). The highest BCUT2D eigenvalue weighted by Gasteiger charge is 2.15. The quantitative estimate of drug-likeness (QED) is 0.913. The minimum absolute atomic E-state index is 0.470. The molecule has 1 aromatic carbocycles. The summed E-state index contributed by atoms with van der Waals surface area (Å²) in [6, 6.07) is 6.64. The van der Waals surface area contributed by atoms with Crippen LogP contribution in [0.5, 0.6) is 0 Å². The molecule has 1 aliphatic rings. The third-order valence-electron chi connectivity index (χ3n) is 4.02. The Kier molecular flexibility index (Phi) is 3.38. The van der Waals surface area contributed by atoms with Crippen LogP contribution in [0.25, 0.3) is 0 Å². The molecular weight excluding hydrogens is 236 g/mol. The molecule has 0 fully saturated rings. The van der Waals surface area contributed by atoms with E-state index in [1.54, 1.807) is 12.5 Å². The SMILES string of the molecule is CCn1cncc1C(O)Cc1ccc2c(c1)CCC2. The molecule has 19 heavy (non-hydrogen) atoms. The standard InChI is InChI=1S/C16H20N2O/c1-2-18-11-17-10-15(18)16(19)9-12-6-7-13-4-3-5-14(13)8-12/h6-8,10-11,16,19H,2-5,9H2,1H3. The second-order valence-corrected chi connectivity index (χ2v) is 5.28. The normalized spacial score (nSPS) is 15.5. The van der Waals surface area contributed by atoms with Crippen LogP contribution in [0, 0.1) is 0 Å². The Morgan fingerprint density at radius 3 is 3.00 bits per heavy atom. The van der Waals surface area contributed by atoms with Gasteiger partial charge in [0.2, 0.25) is 0 Å². The van der Waals surface area contributed by atoms with Gasteiger partial charge in [-0.3, -0.25) is 0 Å². The van der Waals surface area contributed by atoms with Crippen LogP contribution in [0.3, 0.4) is 0 Å². The molecule has 3 heteroatoms. The van der Waals surface area contributed by atoms with Crippen molar-refractivity contribution in [2.24, 2.45) is 0 Å². The van der Waals surface area contributed by atoms with Gasteiger partial charge in [0, 0.05) is 13.0 Å². The Balaban J connectivity index is 1.78. The van der Waals surface area contributed by atoms with Gasteiger partial charge < -0.3 is 9.67 Å². The van der Waals surface area contributed by atoms with E-state index >= 15 is 0 Å². The fourth-order valence-corrected chi connectivity index (χ4v) is 2.95. The fraction of sp³-hybridized carbons (Fsp3) is 0.438. The molecule has 2 aromatic rings. The van der Waals surface area contributed by atoms with Gasteiger partial charge in [-0.25, -0.2) is 4.98 Å². The monoisotopic (exact) mass is 256 g/mol. The van der Waals surface area contributed by atoms with E-state index in [2.05, 4.69) is 30.1 Å². The van der Waals surface area contributed by atoms with Gasteiger partial charge in [0.05, 0.1) is 24.3 Å². The summed E-state index contributed by atoms with van der Waals surface area (Å²) in [4.78, 5) is 4.12. The lowest BCUT2D eigenvalue weighted by atomic mass is 10.0. The average Bonchev–Trinajstić information content (AvgIpc) is 3.06. The number of rotatable bonds is 4. The molecule has 1 aromatic heterocycles. The van der Waals surface area contributed by atoms with Crippen molar-refractivity contribution in [3.63, 3.8) is 0 Å². The molecule has 1 atom stereocenters. The van der Waals surface area contributed by atoms with Crippen LogP contribution in [-0.2, 0) is 25.8 Å². The first-order chi connectivity index (χ1) is 9.28. The van der Waals surface area contributed by atoms with E-state index in [0.717, 1.165) is 12.2 Å². The van der Waals surface area contributed by atoms with Gasteiger partial charge in [-0.2, -0.15) is 0 Å². The molecular formula is C16H20N2O. The number of benzene rings is 1. The molecule has 100 valence electrons. The maximum atomic E-state index is 10.4. The van der Waals surface area contributed by atoms with E-state index in [1.165, 1.54) is 36.0 Å². The highest BCUT2D eigenvalue weighted by atomic mass is 16.3. The maximum absolute atomic E-state index is 10.4. The summed E-state index contributed by atoms with van der Waals surface area (Å²) in [7, 11) is 0. The second-order valence-electron chi connectivity index (χ2n) is 5.28. The smallest absolute Gasteiger partial charge is 0.0995 e. The van der Waals surface area contributed by atoms with Crippen LogP contribution in [0.15, 0.2) is 30.7 Å². The van der Waals surface area contributed by atoms with Gasteiger partial charge >= 0.3 is 0 Å². The number of nitrogens with zero attached hydrogens (tertiary/aromatic N) is 2. The number of imidazole rings is 1. The van der Waals surface area contributed by atoms with E-state index in [1.807, 2.05) is 4.57 Å². The van der Waals surface area contributed by atoms with Gasteiger partial charge in [0.15, 0.2) is 0 Å². The Labute approximate surface area is 113 Å². The van der Waals surface area contributed by atoms with E-state index in [4.69, 9.17) is 0 Å².